The summed E-state index contributed by atoms with van der Waals surface area (Å²) in [6, 6.07) is 3.04. The molecule has 0 fully saturated rings. The van der Waals surface area contributed by atoms with Crippen molar-refractivity contribution in [3.05, 3.63) is 24.2 Å². The van der Waals surface area contributed by atoms with Gasteiger partial charge in [-0.3, -0.25) is 4.79 Å². The van der Waals surface area contributed by atoms with Gasteiger partial charge in [-0.1, -0.05) is 13.8 Å². The molecule has 4 heteroatoms. The zero-order valence-electron chi connectivity index (χ0n) is 10.1. The first kappa shape index (κ1) is 12.8. The van der Waals surface area contributed by atoms with E-state index in [0.717, 1.165) is 5.76 Å². The number of hydrogen-bond donors (Lipinski definition) is 2. The molecule has 1 aromatic rings. The van der Waals surface area contributed by atoms with Crippen molar-refractivity contribution < 1.29 is 9.21 Å². The van der Waals surface area contributed by atoms with Gasteiger partial charge in [-0.2, -0.15) is 0 Å². The topological polar surface area (TPSA) is 68.3 Å². The summed E-state index contributed by atoms with van der Waals surface area (Å²) in [6.07, 6.45) is 2.28. The Balaban J connectivity index is 2.45. The Morgan fingerprint density at radius 3 is 2.69 bits per heavy atom. The first-order valence-corrected chi connectivity index (χ1v) is 5.60. The molecule has 1 aromatic heterocycles. The van der Waals surface area contributed by atoms with Crippen molar-refractivity contribution in [2.45, 2.75) is 39.3 Å². The molecule has 0 radical (unpaired) electrons. The molecule has 0 unspecified atom stereocenters. The van der Waals surface area contributed by atoms with Crippen LogP contribution < -0.4 is 11.1 Å². The zero-order valence-corrected chi connectivity index (χ0v) is 10.1. The molecule has 0 aromatic carbocycles. The molecular formula is C12H20N2O2. The fourth-order valence-corrected chi connectivity index (χ4v) is 1.54. The highest BCUT2D eigenvalue weighted by Crippen LogP contribution is 2.12. The van der Waals surface area contributed by atoms with Gasteiger partial charge in [0.25, 0.3) is 0 Å². The van der Waals surface area contributed by atoms with Crippen LogP contribution in [0.25, 0.3) is 0 Å². The molecule has 2 atom stereocenters. The molecule has 0 saturated heterocycles. The normalized spacial score (nSPS) is 14.8. The molecule has 3 N–H and O–H groups in total. The quantitative estimate of drug-likeness (QED) is 0.801. The Morgan fingerprint density at radius 2 is 2.19 bits per heavy atom. The maximum Gasteiger partial charge on any atom is 0.237 e. The van der Waals surface area contributed by atoms with E-state index in [1.54, 1.807) is 12.3 Å². The van der Waals surface area contributed by atoms with Crippen LogP contribution in [0, 0.1) is 5.92 Å². The molecule has 16 heavy (non-hydrogen) atoms. The number of hydrogen-bond acceptors (Lipinski definition) is 3. The standard InChI is InChI=1S/C12H20N2O2/c1-8(2)7-10(13)12(15)14-9(3)11-5-4-6-16-11/h4-6,8-10H,7,13H2,1-3H3,(H,14,15)/t9-,10-/m1/s1. The van der Waals surface area contributed by atoms with Gasteiger partial charge < -0.3 is 15.5 Å². The molecule has 4 nitrogen and oxygen atoms in total. The number of carbonyl (C=O) groups excluding carboxylic acids is 1. The van der Waals surface area contributed by atoms with Gasteiger partial charge in [0.1, 0.15) is 5.76 Å². The third kappa shape index (κ3) is 3.70. The van der Waals surface area contributed by atoms with E-state index in [2.05, 4.69) is 5.32 Å². The number of amides is 1. The summed E-state index contributed by atoms with van der Waals surface area (Å²) in [7, 11) is 0. The van der Waals surface area contributed by atoms with Gasteiger partial charge in [0.15, 0.2) is 0 Å². The lowest BCUT2D eigenvalue weighted by Gasteiger charge is -2.17. The predicted molar refractivity (Wildman–Crippen MR) is 62.7 cm³/mol. The van der Waals surface area contributed by atoms with Crippen LogP contribution in [0.4, 0.5) is 0 Å². The molecule has 1 amide bonds. The third-order valence-electron chi connectivity index (χ3n) is 2.39. The molecule has 0 spiro atoms. The smallest absolute Gasteiger partial charge is 0.237 e. The van der Waals surface area contributed by atoms with Crippen molar-refractivity contribution in [3.63, 3.8) is 0 Å². The van der Waals surface area contributed by atoms with Crippen molar-refractivity contribution in [2.24, 2.45) is 11.7 Å². The van der Waals surface area contributed by atoms with Crippen molar-refractivity contribution in [1.82, 2.24) is 5.32 Å². The minimum absolute atomic E-state index is 0.127. The zero-order chi connectivity index (χ0) is 12.1. The van der Waals surface area contributed by atoms with Crippen molar-refractivity contribution in [1.29, 1.82) is 0 Å². The average Bonchev–Trinajstić information content (AvgIpc) is 2.68. The third-order valence-corrected chi connectivity index (χ3v) is 2.39. The van der Waals surface area contributed by atoms with Crippen LogP contribution in [-0.2, 0) is 4.79 Å². The van der Waals surface area contributed by atoms with Crippen LogP contribution in [-0.4, -0.2) is 11.9 Å². The minimum atomic E-state index is -0.447. The highest BCUT2D eigenvalue weighted by atomic mass is 16.3. The van der Waals surface area contributed by atoms with E-state index in [4.69, 9.17) is 10.2 Å². The summed E-state index contributed by atoms with van der Waals surface area (Å²) in [6.45, 7) is 5.96. The number of nitrogens with two attached hydrogens (primary N) is 1. The summed E-state index contributed by atoms with van der Waals surface area (Å²) in [5.41, 5.74) is 5.78. The van der Waals surface area contributed by atoms with E-state index < -0.39 is 6.04 Å². The molecule has 90 valence electrons. The lowest BCUT2D eigenvalue weighted by atomic mass is 10.0. The van der Waals surface area contributed by atoms with Gasteiger partial charge in [-0.25, -0.2) is 0 Å². The second-order valence-electron chi connectivity index (χ2n) is 4.48. The molecule has 0 aliphatic rings. The monoisotopic (exact) mass is 224 g/mol. The lowest BCUT2D eigenvalue weighted by Crippen LogP contribution is -2.42. The van der Waals surface area contributed by atoms with Crippen LogP contribution in [0.3, 0.4) is 0 Å². The van der Waals surface area contributed by atoms with Crippen LogP contribution in [0.2, 0.25) is 0 Å². The second kappa shape index (κ2) is 5.70. The van der Waals surface area contributed by atoms with Crippen molar-refractivity contribution in [2.75, 3.05) is 0 Å². The molecule has 0 aliphatic heterocycles. The largest absolute Gasteiger partial charge is 0.467 e. The summed E-state index contributed by atoms with van der Waals surface area (Å²) >= 11 is 0. The Hall–Kier alpha value is -1.29. The van der Waals surface area contributed by atoms with Crippen molar-refractivity contribution >= 4 is 5.91 Å². The lowest BCUT2D eigenvalue weighted by molar-refractivity contribution is -0.123. The first-order valence-electron chi connectivity index (χ1n) is 5.60. The Labute approximate surface area is 96.2 Å². The molecule has 1 rings (SSSR count). The van der Waals surface area contributed by atoms with Crippen LogP contribution in [0.5, 0.6) is 0 Å². The summed E-state index contributed by atoms with van der Waals surface area (Å²) < 4.78 is 5.20. The fraction of sp³-hybridized carbons (Fsp3) is 0.583. The molecule has 0 saturated carbocycles. The van der Waals surface area contributed by atoms with E-state index in [0.29, 0.717) is 12.3 Å². The molecule has 0 aliphatic carbocycles. The number of rotatable bonds is 5. The van der Waals surface area contributed by atoms with Gasteiger partial charge in [0, 0.05) is 0 Å². The van der Waals surface area contributed by atoms with Crippen LogP contribution in [0.1, 0.15) is 39.0 Å². The van der Waals surface area contributed by atoms with E-state index in [9.17, 15) is 4.79 Å². The second-order valence-corrected chi connectivity index (χ2v) is 4.48. The van der Waals surface area contributed by atoms with Crippen LogP contribution in [0.15, 0.2) is 22.8 Å². The Bertz CT molecular complexity index is 320. The van der Waals surface area contributed by atoms with Gasteiger partial charge in [-0.05, 0) is 31.4 Å². The van der Waals surface area contributed by atoms with Gasteiger partial charge in [-0.15, -0.1) is 0 Å². The first-order chi connectivity index (χ1) is 7.50. The molecule has 1 heterocycles. The van der Waals surface area contributed by atoms with Gasteiger partial charge in [0.05, 0.1) is 18.3 Å². The summed E-state index contributed by atoms with van der Waals surface area (Å²) in [5.74, 6) is 1.03. The van der Waals surface area contributed by atoms with Crippen LogP contribution >= 0.6 is 0 Å². The maximum atomic E-state index is 11.7. The van der Waals surface area contributed by atoms with Gasteiger partial charge in [0.2, 0.25) is 5.91 Å². The summed E-state index contributed by atoms with van der Waals surface area (Å²) in [4.78, 5) is 11.7. The molecular weight excluding hydrogens is 204 g/mol. The minimum Gasteiger partial charge on any atom is -0.467 e. The fourth-order valence-electron chi connectivity index (χ4n) is 1.54. The van der Waals surface area contributed by atoms with E-state index in [1.807, 2.05) is 26.8 Å². The highest BCUT2D eigenvalue weighted by molar-refractivity contribution is 5.81. The Morgan fingerprint density at radius 1 is 1.50 bits per heavy atom. The Kier molecular flexibility index (Phi) is 4.55. The number of nitrogens with one attached hydrogen (secondary N) is 1. The highest BCUT2D eigenvalue weighted by Gasteiger charge is 2.18. The number of carbonyl (C=O) groups is 1. The summed E-state index contributed by atoms with van der Waals surface area (Å²) in [5, 5.41) is 2.83. The number of furan rings is 1. The van der Waals surface area contributed by atoms with Gasteiger partial charge >= 0.3 is 0 Å². The predicted octanol–water partition coefficient (Wildman–Crippen LogP) is 1.83. The van der Waals surface area contributed by atoms with E-state index in [-0.39, 0.29) is 11.9 Å². The van der Waals surface area contributed by atoms with Crippen molar-refractivity contribution in [3.8, 4) is 0 Å². The van der Waals surface area contributed by atoms with E-state index >= 15 is 0 Å². The maximum absolute atomic E-state index is 11.7. The van der Waals surface area contributed by atoms with E-state index in [1.165, 1.54) is 0 Å². The SMILES string of the molecule is CC(C)C[C@@H](N)C(=O)N[C@H](C)c1ccco1. The molecule has 0 bridgehead atoms. The average molecular weight is 224 g/mol.